The van der Waals surface area contributed by atoms with Gasteiger partial charge in [-0.25, -0.2) is 0 Å². The van der Waals surface area contributed by atoms with Crippen LogP contribution in [0.5, 0.6) is 0 Å². The van der Waals surface area contributed by atoms with Crippen LogP contribution in [0.4, 0.5) is 5.69 Å². The van der Waals surface area contributed by atoms with E-state index in [0.717, 1.165) is 18.5 Å². The van der Waals surface area contributed by atoms with Crippen LogP contribution in [0.3, 0.4) is 0 Å². The Kier molecular flexibility index (Phi) is 3.40. The van der Waals surface area contributed by atoms with Gasteiger partial charge in [-0.1, -0.05) is 12.1 Å². The van der Waals surface area contributed by atoms with E-state index in [0.29, 0.717) is 13.2 Å². The van der Waals surface area contributed by atoms with Crippen molar-refractivity contribution in [3.63, 3.8) is 0 Å². The summed E-state index contributed by atoms with van der Waals surface area (Å²) in [6, 6.07) is 6.09. The molecule has 100 valence electrons. The maximum atomic E-state index is 12.1. The molecule has 1 amide bonds. The highest BCUT2D eigenvalue weighted by molar-refractivity contribution is 6.02. The number of hydrogen-bond acceptors (Lipinski definition) is 3. The lowest BCUT2D eigenvalue weighted by molar-refractivity contribution is -0.117. The molecule has 0 unspecified atom stereocenters. The first kappa shape index (κ1) is 12.1. The summed E-state index contributed by atoms with van der Waals surface area (Å²) in [5, 5.41) is 2.93. The van der Waals surface area contributed by atoms with E-state index in [1.165, 1.54) is 30.2 Å². The van der Waals surface area contributed by atoms with Crippen LogP contribution in [0, 0.1) is 0 Å². The lowest BCUT2D eigenvalue weighted by Gasteiger charge is -2.20. The first-order chi connectivity index (χ1) is 9.34. The Hall–Kier alpha value is -1.97. The Balaban J connectivity index is 1.79. The second-order valence-electron chi connectivity index (χ2n) is 4.81. The quantitative estimate of drug-likeness (QED) is 0.887. The molecule has 1 heterocycles. The van der Waals surface area contributed by atoms with Crippen LogP contribution in [0.15, 0.2) is 30.2 Å². The van der Waals surface area contributed by atoms with Crippen molar-refractivity contribution in [2.24, 2.45) is 0 Å². The smallest absolute Gasteiger partial charge is 0.294 e. The van der Waals surface area contributed by atoms with Crippen LogP contribution >= 0.6 is 0 Å². The fourth-order valence-corrected chi connectivity index (χ4v) is 2.57. The fourth-order valence-electron chi connectivity index (χ4n) is 2.57. The van der Waals surface area contributed by atoms with Crippen molar-refractivity contribution in [1.82, 2.24) is 0 Å². The van der Waals surface area contributed by atoms with Crippen molar-refractivity contribution in [3.05, 3.63) is 41.3 Å². The van der Waals surface area contributed by atoms with Gasteiger partial charge in [-0.05, 0) is 42.9 Å². The van der Waals surface area contributed by atoms with Gasteiger partial charge in [0.2, 0.25) is 5.76 Å². The Morgan fingerprint density at radius 3 is 2.89 bits per heavy atom. The Morgan fingerprint density at radius 1 is 1.16 bits per heavy atom. The third-order valence-electron chi connectivity index (χ3n) is 3.52. The average molecular weight is 259 g/mol. The maximum absolute atomic E-state index is 12.1. The van der Waals surface area contributed by atoms with Gasteiger partial charge in [0.05, 0.1) is 0 Å². The van der Waals surface area contributed by atoms with Gasteiger partial charge in [0.1, 0.15) is 19.5 Å². The molecule has 19 heavy (non-hydrogen) atoms. The zero-order valence-electron chi connectivity index (χ0n) is 10.8. The van der Waals surface area contributed by atoms with Gasteiger partial charge in [-0.3, -0.25) is 4.79 Å². The molecule has 1 aliphatic carbocycles. The number of carbonyl (C=O) groups excluding carboxylic acids is 1. The minimum absolute atomic E-state index is 0.237. The molecule has 0 bridgehead atoms. The highest BCUT2D eigenvalue weighted by Crippen LogP contribution is 2.28. The summed E-state index contributed by atoms with van der Waals surface area (Å²) >= 11 is 0. The number of aryl methyl sites for hydroxylation is 1. The van der Waals surface area contributed by atoms with Crippen LogP contribution in [0.1, 0.15) is 24.0 Å². The number of fused-ring (bicyclic) bond motifs is 1. The second-order valence-corrected chi connectivity index (χ2v) is 4.81. The van der Waals surface area contributed by atoms with E-state index in [4.69, 9.17) is 9.47 Å². The van der Waals surface area contributed by atoms with Crippen LogP contribution in [-0.2, 0) is 27.1 Å². The Morgan fingerprint density at radius 2 is 2.05 bits per heavy atom. The molecule has 0 radical (unpaired) electrons. The van der Waals surface area contributed by atoms with Crippen molar-refractivity contribution in [3.8, 4) is 0 Å². The van der Waals surface area contributed by atoms with Crippen LogP contribution < -0.4 is 5.32 Å². The number of nitrogens with one attached hydrogen (secondary N) is 1. The zero-order chi connectivity index (χ0) is 13.1. The Bertz CT molecular complexity index is 522. The molecule has 1 aliphatic heterocycles. The summed E-state index contributed by atoms with van der Waals surface area (Å²) in [6.07, 6.45) is 5.92. The molecule has 1 aromatic rings. The average Bonchev–Trinajstić information content (AvgIpc) is 2.48. The van der Waals surface area contributed by atoms with Gasteiger partial charge < -0.3 is 14.8 Å². The zero-order valence-corrected chi connectivity index (χ0v) is 10.8. The standard InChI is InChI=1S/C15H17NO3/c17-15(14-10-18-8-9-19-14)16-13-7-3-5-11-4-1-2-6-12(11)13/h3,5,7,10H,1-2,4,6,8-9H2,(H,16,17). The summed E-state index contributed by atoms with van der Waals surface area (Å²) in [5.74, 6) is 0.0123. The van der Waals surface area contributed by atoms with Crippen molar-refractivity contribution in [2.75, 3.05) is 18.5 Å². The highest BCUT2D eigenvalue weighted by atomic mass is 16.6. The van der Waals surface area contributed by atoms with E-state index in [1.807, 2.05) is 12.1 Å². The highest BCUT2D eigenvalue weighted by Gasteiger charge is 2.18. The fraction of sp³-hybridized carbons (Fsp3) is 0.400. The van der Waals surface area contributed by atoms with Crippen molar-refractivity contribution in [2.45, 2.75) is 25.7 Å². The third-order valence-corrected chi connectivity index (χ3v) is 3.52. The first-order valence-corrected chi connectivity index (χ1v) is 6.71. The SMILES string of the molecule is O=C(Nc1cccc2c1CCCC2)C1=COCCO1. The number of ether oxygens (including phenoxy) is 2. The molecule has 0 atom stereocenters. The number of anilines is 1. The maximum Gasteiger partial charge on any atom is 0.294 e. The van der Waals surface area contributed by atoms with Gasteiger partial charge in [-0.2, -0.15) is 0 Å². The van der Waals surface area contributed by atoms with Gasteiger partial charge in [0.25, 0.3) is 5.91 Å². The predicted octanol–water partition coefficient (Wildman–Crippen LogP) is 2.39. The molecule has 4 nitrogen and oxygen atoms in total. The summed E-state index contributed by atoms with van der Waals surface area (Å²) in [5.41, 5.74) is 3.51. The van der Waals surface area contributed by atoms with Gasteiger partial charge in [0.15, 0.2) is 0 Å². The number of carbonyl (C=O) groups is 1. The van der Waals surface area contributed by atoms with E-state index < -0.39 is 0 Å². The van der Waals surface area contributed by atoms with Crippen molar-refractivity contribution >= 4 is 11.6 Å². The predicted molar refractivity (Wildman–Crippen MR) is 71.7 cm³/mol. The summed E-state index contributed by atoms with van der Waals surface area (Å²) in [4.78, 5) is 12.1. The van der Waals surface area contributed by atoms with Crippen molar-refractivity contribution in [1.29, 1.82) is 0 Å². The van der Waals surface area contributed by atoms with E-state index in [2.05, 4.69) is 11.4 Å². The van der Waals surface area contributed by atoms with E-state index in [-0.39, 0.29) is 11.7 Å². The van der Waals surface area contributed by atoms with E-state index in [9.17, 15) is 4.79 Å². The minimum atomic E-state index is -0.237. The van der Waals surface area contributed by atoms with Crippen molar-refractivity contribution < 1.29 is 14.3 Å². The molecule has 3 rings (SSSR count). The molecular formula is C15H17NO3. The molecule has 0 aromatic heterocycles. The molecule has 0 saturated heterocycles. The summed E-state index contributed by atoms with van der Waals surface area (Å²) in [6.45, 7) is 0.920. The molecule has 0 saturated carbocycles. The van der Waals surface area contributed by atoms with Gasteiger partial charge >= 0.3 is 0 Å². The first-order valence-electron chi connectivity index (χ1n) is 6.71. The lowest BCUT2D eigenvalue weighted by Crippen LogP contribution is -2.22. The Labute approximate surface area is 112 Å². The molecule has 1 aromatic carbocycles. The monoisotopic (exact) mass is 259 g/mol. The number of benzene rings is 1. The molecule has 2 aliphatic rings. The number of rotatable bonds is 2. The normalized spacial score (nSPS) is 17.6. The van der Waals surface area contributed by atoms with Crippen LogP contribution in [0.25, 0.3) is 0 Å². The van der Waals surface area contributed by atoms with E-state index >= 15 is 0 Å². The number of hydrogen-bond donors (Lipinski definition) is 1. The minimum Gasteiger partial charge on any atom is -0.494 e. The molecule has 0 spiro atoms. The van der Waals surface area contributed by atoms with Gasteiger partial charge in [-0.15, -0.1) is 0 Å². The van der Waals surface area contributed by atoms with Crippen LogP contribution in [-0.4, -0.2) is 19.1 Å². The topological polar surface area (TPSA) is 47.6 Å². The van der Waals surface area contributed by atoms with Gasteiger partial charge in [0, 0.05) is 5.69 Å². The number of amides is 1. The van der Waals surface area contributed by atoms with E-state index in [1.54, 1.807) is 0 Å². The summed E-state index contributed by atoms with van der Waals surface area (Å²) < 4.78 is 10.4. The van der Waals surface area contributed by atoms with Crippen LogP contribution in [0.2, 0.25) is 0 Å². The molecule has 1 N–H and O–H groups in total. The third kappa shape index (κ3) is 2.57. The molecular weight excluding hydrogens is 242 g/mol. The largest absolute Gasteiger partial charge is 0.494 e. The molecule has 4 heteroatoms. The molecule has 0 fully saturated rings. The lowest BCUT2D eigenvalue weighted by atomic mass is 9.90. The second kappa shape index (κ2) is 5.34. The summed E-state index contributed by atoms with van der Waals surface area (Å²) in [7, 11) is 0.